The molecule has 2 atom stereocenters. The number of hydrogen-bond acceptors (Lipinski definition) is 3. The zero-order valence-electron chi connectivity index (χ0n) is 14.4. The molecule has 6 nitrogen and oxygen atoms in total. The second-order valence-corrected chi connectivity index (χ2v) is 7.62. The van der Waals surface area contributed by atoms with Crippen molar-refractivity contribution in [1.29, 1.82) is 0 Å². The number of alkyl halides is 2. The highest BCUT2D eigenvalue weighted by atomic mass is 19.3. The molecule has 0 bridgehead atoms. The van der Waals surface area contributed by atoms with Crippen LogP contribution < -0.4 is 10.6 Å². The number of hydrogen-bond donors (Lipinski definition) is 2. The molecule has 2 unspecified atom stereocenters. The van der Waals surface area contributed by atoms with Crippen LogP contribution in [0.5, 0.6) is 0 Å². The van der Waals surface area contributed by atoms with Gasteiger partial charge in [0.05, 0.1) is 23.4 Å². The van der Waals surface area contributed by atoms with Crippen LogP contribution in [0.2, 0.25) is 0 Å². The normalized spacial score (nSPS) is 27.4. The number of anilines is 1. The van der Waals surface area contributed by atoms with Crippen LogP contribution in [-0.4, -0.2) is 33.6 Å². The second-order valence-electron chi connectivity index (χ2n) is 7.62. The second kappa shape index (κ2) is 5.68. The maximum absolute atomic E-state index is 13.2. The van der Waals surface area contributed by atoms with Gasteiger partial charge >= 0.3 is 6.03 Å². The minimum atomic E-state index is -2.74. The third-order valence-electron chi connectivity index (χ3n) is 4.96. The van der Waals surface area contributed by atoms with Gasteiger partial charge in [0, 0.05) is 18.7 Å². The van der Waals surface area contributed by atoms with E-state index < -0.39 is 29.3 Å². The van der Waals surface area contributed by atoms with E-state index in [2.05, 4.69) is 15.7 Å². The van der Waals surface area contributed by atoms with Crippen LogP contribution in [0.4, 0.5) is 19.3 Å². The van der Waals surface area contributed by atoms with Gasteiger partial charge in [0.25, 0.3) is 6.43 Å². The van der Waals surface area contributed by atoms with Crippen molar-refractivity contribution in [1.82, 2.24) is 15.1 Å². The SMILES string of the molecule is CC(C)Cn1cc(NC(=O)NC23CC2COC3(C)C)c(C(F)F)n1. The van der Waals surface area contributed by atoms with E-state index in [0.29, 0.717) is 13.2 Å². The summed E-state index contributed by atoms with van der Waals surface area (Å²) in [7, 11) is 0. The van der Waals surface area contributed by atoms with Crippen molar-refractivity contribution in [3.63, 3.8) is 0 Å². The lowest BCUT2D eigenvalue weighted by atomic mass is 9.96. The molecule has 0 spiro atoms. The molecule has 2 aliphatic rings. The Kier molecular flexibility index (Phi) is 4.06. The maximum Gasteiger partial charge on any atom is 0.319 e. The van der Waals surface area contributed by atoms with Crippen LogP contribution in [-0.2, 0) is 11.3 Å². The zero-order chi connectivity index (χ0) is 17.7. The van der Waals surface area contributed by atoms with Crippen molar-refractivity contribution in [3.8, 4) is 0 Å². The largest absolute Gasteiger partial charge is 0.373 e. The van der Waals surface area contributed by atoms with Crippen molar-refractivity contribution in [2.45, 2.75) is 58.2 Å². The molecule has 0 radical (unpaired) electrons. The Hall–Kier alpha value is -1.70. The Morgan fingerprint density at radius 2 is 2.21 bits per heavy atom. The number of nitrogens with one attached hydrogen (secondary N) is 2. The molecule has 1 aromatic rings. The molecule has 134 valence electrons. The molecule has 2 heterocycles. The summed E-state index contributed by atoms with van der Waals surface area (Å²) in [5.41, 5.74) is -1.22. The van der Waals surface area contributed by atoms with Crippen molar-refractivity contribution < 1.29 is 18.3 Å². The molecule has 1 aromatic heterocycles. The minimum absolute atomic E-state index is 0.0495. The molecule has 0 aromatic carbocycles. The first kappa shape index (κ1) is 17.1. The Bertz CT molecular complexity index is 644. The quantitative estimate of drug-likeness (QED) is 0.864. The van der Waals surface area contributed by atoms with Gasteiger partial charge in [-0.2, -0.15) is 5.10 Å². The molecule has 24 heavy (non-hydrogen) atoms. The Morgan fingerprint density at radius 3 is 2.71 bits per heavy atom. The van der Waals surface area contributed by atoms with Crippen molar-refractivity contribution >= 4 is 11.7 Å². The van der Waals surface area contributed by atoms with Gasteiger partial charge in [0.1, 0.15) is 0 Å². The first-order chi connectivity index (χ1) is 11.1. The molecular weight excluding hydrogens is 318 g/mol. The van der Waals surface area contributed by atoms with Crippen molar-refractivity contribution in [2.24, 2.45) is 11.8 Å². The van der Waals surface area contributed by atoms with E-state index in [1.54, 1.807) is 0 Å². The van der Waals surface area contributed by atoms with E-state index in [4.69, 9.17) is 4.74 Å². The molecule has 3 rings (SSSR count). The van der Waals surface area contributed by atoms with Gasteiger partial charge in [0.15, 0.2) is 5.69 Å². The lowest BCUT2D eigenvalue weighted by molar-refractivity contribution is -0.00668. The van der Waals surface area contributed by atoms with Crippen LogP contribution >= 0.6 is 0 Å². The predicted molar refractivity (Wildman–Crippen MR) is 85.0 cm³/mol. The number of aromatic nitrogens is 2. The van der Waals surface area contributed by atoms with Crippen LogP contribution in [0.15, 0.2) is 6.20 Å². The third kappa shape index (κ3) is 2.87. The van der Waals surface area contributed by atoms with E-state index >= 15 is 0 Å². The van der Waals surface area contributed by atoms with E-state index in [9.17, 15) is 13.6 Å². The average molecular weight is 342 g/mol. The summed E-state index contributed by atoms with van der Waals surface area (Å²) in [6, 6.07) is -0.498. The summed E-state index contributed by atoms with van der Waals surface area (Å²) in [6.07, 6.45) is -0.437. The standard InChI is InChI=1S/C16H24F2N4O2/c1-9(2)6-22-7-11(12(21-22)13(17)18)19-14(23)20-16-5-10(16)8-24-15(16,3)4/h7,9-10,13H,5-6,8H2,1-4H3,(H2,19,20,23). The summed E-state index contributed by atoms with van der Waals surface area (Å²) in [6.45, 7) is 8.94. The molecule has 8 heteroatoms. The fourth-order valence-corrected chi connectivity index (χ4v) is 3.53. The zero-order valence-corrected chi connectivity index (χ0v) is 14.4. The molecule has 1 saturated carbocycles. The van der Waals surface area contributed by atoms with E-state index in [1.165, 1.54) is 10.9 Å². The number of halogens is 2. The Labute approximate surface area is 139 Å². The van der Waals surface area contributed by atoms with Crippen molar-refractivity contribution in [2.75, 3.05) is 11.9 Å². The van der Waals surface area contributed by atoms with Gasteiger partial charge in [-0.15, -0.1) is 0 Å². The maximum atomic E-state index is 13.2. The smallest absolute Gasteiger partial charge is 0.319 e. The number of fused-ring (bicyclic) bond motifs is 1. The Morgan fingerprint density at radius 1 is 1.50 bits per heavy atom. The van der Waals surface area contributed by atoms with Crippen molar-refractivity contribution in [3.05, 3.63) is 11.9 Å². The first-order valence-electron chi connectivity index (χ1n) is 8.23. The van der Waals surface area contributed by atoms with Crippen LogP contribution in [0.1, 0.15) is 46.2 Å². The van der Waals surface area contributed by atoms with Gasteiger partial charge in [-0.25, -0.2) is 13.6 Å². The highest BCUT2D eigenvalue weighted by Gasteiger charge is 2.69. The summed E-state index contributed by atoms with van der Waals surface area (Å²) >= 11 is 0. The number of urea groups is 1. The molecule has 2 N–H and O–H groups in total. The number of ether oxygens (including phenoxy) is 1. The van der Waals surface area contributed by atoms with E-state index in [0.717, 1.165) is 6.42 Å². The van der Waals surface area contributed by atoms with Gasteiger partial charge in [-0.05, 0) is 26.2 Å². The highest BCUT2D eigenvalue weighted by molar-refractivity contribution is 5.90. The third-order valence-corrected chi connectivity index (χ3v) is 4.96. The van der Waals surface area contributed by atoms with Crippen LogP contribution in [0.25, 0.3) is 0 Å². The number of carbonyl (C=O) groups is 1. The van der Waals surface area contributed by atoms with Gasteiger partial charge in [-0.3, -0.25) is 4.68 Å². The first-order valence-corrected chi connectivity index (χ1v) is 8.23. The summed E-state index contributed by atoms with van der Waals surface area (Å²) in [5.74, 6) is 0.552. The van der Waals surface area contributed by atoms with Crippen LogP contribution in [0, 0.1) is 11.8 Å². The highest BCUT2D eigenvalue weighted by Crippen LogP contribution is 2.57. The number of amides is 2. The van der Waals surface area contributed by atoms with E-state index in [-0.39, 0.29) is 17.5 Å². The van der Waals surface area contributed by atoms with Gasteiger partial charge < -0.3 is 15.4 Å². The number of carbonyl (C=O) groups excluding carboxylic acids is 1. The minimum Gasteiger partial charge on any atom is -0.373 e. The van der Waals surface area contributed by atoms with E-state index in [1.807, 2.05) is 27.7 Å². The molecular formula is C16H24F2N4O2. The van der Waals surface area contributed by atoms with Gasteiger partial charge in [-0.1, -0.05) is 13.8 Å². The lowest BCUT2D eigenvalue weighted by Crippen LogP contribution is -2.52. The summed E-state index contributed by atoms with van der Waals surface area (Å²) < 4.78 is 33.5. The fraction of sp³-hybridized carbons (Fsp3) is 0.750. The fourth-order valence-electron chi connectivity index (χ4n) is 3.53. The number of nitrogens with zero attached hydrogens (tertiary/aromatic N) is 2. The molecule has 1 saturated heterocycles. The predicted octanol–water partition coefficient (Wildman–Crippen LogP) is 3.17. The van der Waals surface area contributed by atoms with Gasteiger partial charge in [0.2, 0.25) is 0 Å². The van der Waals surface area contributed by atoms with Crippen LogP contribution in [0.3, 0.4) is 0 Å². The monoisotopic (exact) mass is 342 g/mol. The lowest BCUT2D eigenvalue weighted by Gasteiger charge is -2.31. The molecule has 2 amide bonds. The Balaban J connectivity index is 1.71. The molecule has 1 aliphatic carbocycles. The molecule has 2 fully saturated rings. The number of rotatable bonds is 5. The molecule has 1 aliphatic heterocycles. The topological polar surface area (TPSA) is 68.2 Å². The summed E-state index contributed by atoms with van der Waals surface area (Å²) in [5, 5.41) is 9.35. The summed E-state index contributed by atoms with van der Waals surface area (Å²) in [4.78, 5) is 12.3. The average Bonchev–Trinajstić information content (AvgIpc) is 2.93.